The molecule has 1 N–H and O–H groups in total. The van der Waals surface area contributed by atoms with Crippen LogP contribution < -0.4 is 10.1 Å². The topological polar surface area (TPSA) is 96.8 Å². The second-order valence-electron chi connectivity index (χ2n) is 11.7. The van der Waals surface area contributed by atoms with Gasteiger partial charge in [-0.05, 0) is 49.4 Å². The molecular formula is C32H38ClN5O4. The number of hydrogen-bond donors (Lipinski definition) is 1. The molecule has 3 amide bonds. The van der Waals surface area contributed by atoms with Gasteiger partial charge in [-0.25, -0.2) is 0 Å². The van der Waals surface area contributed by atoms with E-state index in [1.807, 2.05) is 57.9 Å². The Morgan fingerprint density at radius 3 is 2.60 bits per heavy atom. The number of carbonyl (C=O) groups excluding carboxylic acids is 3. The fourth-order valence-corrected chi connectivity index (χ4v) is 7.40. The quantitative estimate of drug-likeness (QED) is 0.439. The first-order valence-corrected chi connectivity index (χ1v) is 15.4. The molecule has 2 unspecified atom stereocenters. The standard InChI is InChI=1S/C32H38ClN5O4/c1-34-31(40)20-8-3-4-9-21(20)32(41)38-17-15-22-24(33)13-14-28(30(22)27(38)18-37-16-7-12-29(37)39)42-19-25-23-10-5-6-11-26(23)36(2)35-25/h5-6,10-11,13-14,20-21,27H,3-4,7-9,12,15-19H2,1-2H3,(H,34,40)/t20?,21?,27-/m1/s1. The Hall–Kier alpha value is -3.59. The van der Waals surface area contributed by atoms with Crippen LogP contribution in [0.2, 0.25) is 5.02 Å². The van der Waals surface area contributed by atoms with Crippen LogP contribution in [-0.4, -0.2) is 64.0 Å². The number of aromatic nitrogens is 2. The zero-order chi connectivity index (χ0) is 29.4. The monoisotopic (exact) mass is 591 g/mol. The van der Waals surface area contributed by atoms with Crippen molar-refractivity contribution in [2.75, 3.05) is 26.7 Å². The number of para-hydroxylation sites is 1. The highest BCUT2D eigenvalue weighted by molar-refractivity contribution is 6.31. The molecule has 1 saturated heterocycles. The summed E-state index contributed by atoms with van der Waals surface area (Å²) in [5, 5.41) is 9.12. The molecule has 0 radical (unpaired) electrons. The summed E-state index contributed by atoms with van der Waals surface area (Å²) in [6.07, 6.45) is 5.13. The van der Waals surface area contributed by atoms with Gasteiger partial charge in [0.1, 0.15) is 18.1 Å². The van der Waals surface area contributed by atoms with E-state index in [0.29, 0.717) is 56.1 Å². The Kier molecular flexibility index (Phi) is 8.12. The van der Waals surface area contributed by atoms with Crippen molar-refractivity contribution in [2.24, 2.45) is 18.9 Å². The molecule has 9 nitrogen and oxygen atoms in total. The van der Waals surface area contributed by atoms with Crippen LogP contribution in [0.5, 0.6) is 5.75 Å². The van der Waals surface area contributed by atoms with Gasteiger partial charge in [-0.1, -0.05) is 42.6 Å². The van der Waals surface area contributed by atoms with E-state index in [-0.39, 0.29) is 36.2 Å². The van der Waals surface area contributed by atoms with Crippen molar-refractivity contribution in [2.45, 2.75) is 57.6 Å². The molecule has 2 fully saturated rings. The molecule has 6 rings (SSSR count). The Labute approximate surface area is 251 Å². The van der Waals surface area contributed by atoms with Gasteiger partial charge in [0.15, 0.2) is 0 Å². The highest BCUT2D eigenvalue weighted by Gasteiger charge is 2.43. The molecule has 2 aliphatic heterocycles. The van der Waals surface area contributed by atoms with Gasteiger partial charge in [0.2, 0.25) is 17.7 Å². The summed E-state index contributed by atoms with van der Waals surface area (Å²) in [7, 11) is 3.55. The first-order valence-electron chi connectivity index (χ1n) is 15.0. The molecule has 0 spiro atoms. The van der Waals surface area contributed by atoms with E-state index < -0.39 is 6.04 Å². The normalized spacial score (nSPS) is 22.4. The Morgan fingerprint density at radius 1 is 1.05 bits per heavy atom. The SMILES string of the molecule is CNC(=O)C1CCCCC1C(=O)N1CCc2c(Cl)ccc(OCc3nn(C)c4ccccc34)c2[C@H]1CN1CCCC1=O. The van der Waals surface area contributed by atoms with Crippen molar-refractivity contribution < 1.29 is 19.1 Å². The predicted molar refractivity (Wildman–Crippen MR) is 160 cm³/mol. The van der Waals surface area contributed by atoms with Crippen LogP contribution >= 0.6 is 11.6 Å². The third-order valence-corrected chi connectivity index (χ3v) is 9.64. The average Bonchev–Trinajstić information content (AvgIpc) is 3.57. The first-order chi connectivity index (χ1) is 20.4. The van der Waals surface area contributed by atoms with Crippen LogP contribution in [0.25, 0.3) is 10.9 Å². The summed E-state index contributed by atoms with van der Waals surface area (Å²) in [5.41, 5.74) is 3.65. The zero-order valence-electron chi connectivity index (χ0n) is 24.3. The van der Waals surface area contributed by atoms with E-state index >= 15 is 0 Å². The number of aryl methyl sites for hydroxylation is 1. The number of nitrogens with zero attached hydrogens (tertiary/aromatic N) is 4. The highest BCUT2D eigenvalue weighted by Crippen LogP contribution is 2.43. The number of benzene rings is 2. The first kappa shape index (κ1) is 28.5. The lowest BCUT2D eigenvalue weighted by molar-refractivity contribution is -0.147. The Bertz CT molecular complexity index is 1520. The predicted octanol–water partition coefficient (Wildman–Crippen LogP) is 4.41. The highest BCUT2D eigenvalue weighted by atomic mass is 35.5. The van der Waals surface area contributed by atoms with Gasteiger partial charge in [0, 0.05) is 68.0 Å². The van der Waals surface area contributed by atoms with Crippen molar-refractivity contribution in [1.82, 2.24) is 24.9 Å². The molecule has 2 aromatic carbocycles. The van der Waals surface area contributed by atoms with E-state index in [4.69, 9.17) is 21.4 Å². The summed E-state index contributed by atoms with van der Waals surface area (Å²) in [6.45, 7) is 1.76. The Morgan fingerprint density at radius 2 is 1.83 bits per heavy atom. The number of hydrogen-bond acceptors (Lipinski definition) is 5. The third-order valence-electron chi connectivity index (χ3n) is 9.28. The number of nitrogens with one attached hydrogen (secondary N) is 1. The number of carbonyl (C=O) groups is 3. The fourth-order valence-electron chi connectivity index (χ4n) is 7.15. The molecule has 3 heterocycles. The van der Waals surface area contributed by atoms with Gasteiger partial charge in [0.05, 0.1) is 11.6 Å². The largest absolute Gasteiger partial charge is 0.487 e. The van der Waals surface area contributed by atoms with Gasteiger partial charge in [-0.2, -0.15) is 5.10 Å². The summed E-state index contributed by atoms with van der Waals surface area (Å²) >= 11 is 6.77. The van der Waals surface area contributed by atoms with Crippen LogP contribution in [0.15, 0.2) is 36.4 Å². The molecule has 42 heavy (non-hydrogen) atoms. The molecule has 1 aromatic heterocycles. The Balaban J connectivity index is 1.37. The second kappa shape index (κ2) is 12.0. The number of halogens is 1. The van der Waals surface area contributed by atoms with Crippen LogP contribution in [-0.2, 0) is 34.5 Å². The van der Waals surface area contributed by atoms with E-state index in [2.05, 4.69) is 5.32 Å². The summed E-state index contributed by atoms with van der Waals surface area (Å²) in [6, 6.07) is 11.3. The average molecular weight is 592 g/mol. The maximum atomic E-state index is 14.3. The summed E-state index contributed by atoms with van der Waals surface area (Å²) < 4.78 is 8.35. The van der Waals surface area contributed by atoms with Gasteiger partial charge in [-0.15, -0.1) is 0 Å². The van der Waals surface area contributed by atoms with E-state index in [9.17, 15) is 14.4 Å². The van der Waals surface area contributed by atoms with Crippen molar-refractivity contribution >= 4 is 40.2 Å². The van der Waals surface area contributed by atoms with E-state index in [1.54, 1.807) is 7.05 Å². The van der Waals surface area contributed by atoms with Crippen LogP contribution in [0.4, 0.5) is 0 Å². The third kappa shape index (κ3) is 5.23. The lowest BCUT2D eigenvalue weighted by atomic mass is 9.77. The number of ether oxygens (including phenoxy) is 1. The van der Waals surface area contributed by atoms with E-state index in [1.165, 1.54) is 0 Å². The lowest BCUT2D eigenvalue weighted by Crippen LogP contribution is -2.50. The molecule has 3 aromatic rings. The van der Waals surface area contributed by atoms with Crippen molar-refractivity contribution in [3.8, 4) is 5.75 Å². The maximum absolute atomic E-state index is 14.3. The molecule has 10 heteroatoms. The van der Waals surface area contributed by atoms with Crippen LogP contribution in [0.1, 0.15) is 61.4 Å². The molecule has 0 bridgehead atoms. The van der Waals surface area contributed by atoms with Gasteiger partial charge in [-0.3, -0.25) is 19.1 Å². The second-order valence-corrected chi connectivity index (χ2v) is 12.1. The van der Waals surface area contributed by atoms with E-state index in [0.717, 1.165) is 47.0 Å². The number of rotatable bonds is 7. The van der Waals surface area contributed by atoms with Crippen molar-refractivity contribution in [3.05, 3.63) is 58.2 Å². The molecule has 3 aliphatic rings. The number of fused-ring (bicyclic) bond motifs is 2. The van der Waals surface area contributed by atoms with Gasteiger partial charge >= 0.3 is 0 Å². The fraction of sp³-hybridized carbons (Fsp3) is 0.500. The minimum atomic E-state index is -0.426. The van der Waals surface area contributed by atoms with Crippen molar-refractivity contribution in [1.29, 1.82) is 0 Å². The van der Waals surface area contributed by atoms with Crippen LogP contribution in [0.3, 0.4) is 0 Å². The zero-order valence-corrected chi connectivity index (χ0v) is 25.0. The van der Waals surface area contributed by atoms with Gasteiger partial charge in [0.25, 0.3) is 0 Å². The van der Waals surface area contributed by atoms with Gasteiger partial charge < -0.3 is 19.9 Å². The minimum Gasteiger partial charge on any atom is -0.487 e. The summed E-state index contributed by atoms with van der Waals surface area (Å²) in [5.74, 6) is -0.0945. The molecule has 1 saturated carbocycles. The van der Waals surface area contributed by atoms with Crippen molar-refractivity contribution in [3.63, 3.8) is 0 Å². The maximum Gasteiger partial charge on any atom is 0.227 e. The number of likely N-dealkylation sites (tertiary alicyclic amines) is 1. The molecular weight excluding hydrogens is 554 g/mol. The number of amides is 3. The summed E-state index contributed by atoms with van der Waals surface area (Å²) in [4.78, 5) is 43.7. The molecule has 1 aliphatic carbocycles. The smallest absolute Gasteiger partial charge is 0.227 e. The lowest BCUT2D eigenvalue weighted by Gasteiger charge is -2.43. The minimum absolute atomic E-state index is 0.0211. The van der Waals surface area contributed by atoms with Crippen LogP contribution in [0, 0.1) is 11.8 Å². The molecule has 222 valence electrons. The molecule has 3 atom stereocenters.